The number of carbonyl (C=O) groups is 2. The van der Waals surface area contributed by atoms with Gasteiger partial charge in [-0.1, -0.05) is 50.5 Å². The highest BCUT2D eigenvalue weighted by Gasteiger charge is 2.31. The number of phenols is 1. The van der Waals surface area contributed by atoms with Crippen LogP contribution in [0.15, 0.2) is 35.9 Å². The molecule has 1 aliphatic carbocycles. The van der Waals surface area contributed by atoms with Gasteiger partial charge in [0.2, 0.25) is 5.91 Å². The molecule has 0 unspecified atom stereocenters. The number of hydrogen-bond donors (Lipinski definition) is 2. The van der Waals surface area contributed by atoms with E-state index in [1.165, 1.54) is 5.57 Å². The predicted octanol–water partition coefficient (Wildman–Crippen LogP) is 6.17. The van der Waals surface area contributed by atoms with Crippen molar-refractivity contribution in [3.8, 4) is 11.5 Å². The van der Waals surface area contributed by atoms with Gasteiger partial charge in [-0.15, -0.1) is 0 Å². The number of imide groups is 1. The maximum atomic E-state index is 12.3. The lowest BCUT2D eigenvalue weighted by Crippen LogP contribution is -2.32. The maximum absolute atomic E-state index is 12.3. The summed E-state index contributed by atoms with van der Waals surface area (Å²) < 4.78 is 5.57. The SMILES string of the molecule is C=C(C)[C@@H]1CCC(C)=C[C@H]1c1c(O)cc(CCCCC)cc1OC(=O)NC(=O)CC. The van der Waals surface area contributed by atoms with Crippen LogP contribution in [0.1, 0.15) is 83.3 Å². The molecule has 0 saturated carbocycles. The van der Waals surface area contributed by atoms with Crippen molar-refractivity contribution in [3.05, 3.63) is 47.1 Å². The Labute approximate surface area is 180 Å². The van der Waals surface area contributed by atoms with Crippen molar-refractivity contribution in [2.24, 2.45) is 5.92 Å². The number of allylic oxidation sites excluding steroid dienone is 3. The fraction of sp³-hybridized carbons (Fsp3) is 0.520. The molecule has 0 aliphatic heterocycles. The summed E-state index contributed by atoms with van der Waals surface area (Å²) in [6.07, 6.45) is 7.38. The van der Waals surface area contributed by atoms with E-state index in [-0.39, 0.29) is 24.0 Å². The van der Waals surface area contributed by atoms with Gasteiger partial charge in [0.05, 0.1) is 0 Å². The number of ether oxygens (including phenoxy) is 1. The van der Waals surface area contributed by atoms with Crippen molar-refractivity contribution in [2.75, 3.05) is 0 Å². The van der Waals surface area contributed by atoms with Gasteiger partial charge in [-0.25, -0.2) is 4.79 Å². The van der Waals surface area contributed by atoms with Gasteiger partial charge in [-0.05, 0) is 63.1 Å². The first-order valence-electron chi connectivity index (χ1n) is 11.0. The van der Waals surface area contributed by atoms with Crippen molar-refractivity contribution >= 4 is 12.0 Å². The second-order valence-corrected chi connectivity index (χ2v) is 8.31. The van der Waals surface area contributed by atoms with Gasteiger partial charge in [-0.2, -0.15) is 0 Å². The third kappa shape index (κ3) is 6.22. The number of rotatable bonds is 8. The van der Waals surface area contributed by atoms with Gasteiger partial charge in [-0.3, -0.25) is 10.1 Å². The van der Waals surface area contributed by atoms with Crippen molar-refractivity contribution in [2.45, 2.75) is 78.6 Å². The van der Waals surface area contributed by atoms with E-state index in [1.807, 2.05) is 13.0 Å². The Kier molecular flexibility index (Phi) is 8.70. The normalized spacial score (nSPS) is 18.5. The minimum absolute atomic E-state index is 0.121. The molecule has 2 rings (SSSR count). The topological polar surface area (TPSA) is 75.6 Å². The summed E-state index contributed by atoms with van der Waals surface area (Å²) >= 11 is 0. The van der Waals surface area contributed by atoms with E-state index >= 15 is 0 Å². The van der Waals surface area contributed by atoms with Gasteiger partial charge in [0.25, 0.3) is 0 Å². The van der Waals surface area contributed by atoms with Gasteiger partial charge in [0, 0.05) is 17.9 Å². The van der Waals surface area contributed by atoms with Crippen LogP contribution < -0.4 is 10.1 Å². The highest BCUT2D eigenvalue weighted by atomic mass is 16.6. The Morgan fingerprint density at radius 1 is 1.27 bits per heavy atom. The van der Waals surface area contributed by atoms with E-state index in [0.29, 0.717) is 11.3 Å². The van der Waals surface area contributed by atoms with Crippen molar-refractivity contribution in [3.63, 3.8) is 0 Å². The molecule has 0 aromatic heterocycles. The molecule has 30 heavy (non-hydrogen) atoms. The van der Waals surface area contributed by atoms with Crippen LogP contribution in [0, 0.1) is 5.92 Å². The van der Waals surface area contributed by atoms with Crippen LogP contribution in [0.25, 0.3) is 0 Å². The van der Waals surface area contributed by atoms with Crippen molar-refractivity contribution in [1.82, 2.24) is 5.32 Å². The minimum Gasteiger partial charge on any atom is -0.507 e. The Balaban J connectivity index is 2.48. The van der Waals surface area contributed by atoms with Gasteiger partial charge in [0.15, 0.2) is 0 Å². The number of benzene rings is 1. The molecule has 2 N–H and O–H groups in total. The van der Waals surface area contributed by atoms with Crippen LogP contribution in [0.5, 0.6) is 11.5 Å². The fourth-order valence-corrected chi connectivity index (χ4v) is 4.04. The second-order valence-electron chi connectivity index (χ2n) is 8.31. The van der Waals surface area contributed by atoms with E-state index in [4.69, 9.17) is 4.74 Å². The highest BCUT2D eigenvalue weighted by Crippen LogP contribution is 2.47. The smallest absolute Gasteiger partial charge is 0.419 e. The standard InChI is InChI=1S/C25H35NO4/c1-6-8-9-10-18-14-21(27)24(20-13-17(5)11-12-19(20)16(3)4)22(15-18)30-25(29)26-23(28)7-2/h13-15,19-20,27H,3,6-12H2,1-2,4-5H3,(H,26,28,29)/t19-,20+/m0/s1. The molecule has 5 nitrogen and oxygen atoms in total. The number of amides is 2. The molecule has 2 atom stereocenters. The summed E-state index contributed by atoms with van der Waals surface area (Å²) in [5.74, 6) is 0.0397. The highest BCUT2D eigenvalue weighted by molar-refractivity contribution is 5.92. The maximum Gasteiger partial charge on any atom is 0.419 e. The first-order chi connectivity index (χ1) is 14.3. The second kappa shape index (κ2) is 11.0. The zero-order valence-corrected chi connectivity index (χ0v) is 18.7. The number of aromatic hydroxyl groups is 1. The van der Waals surface area contributed by atoms with Crippen LogP contribution in [-0.4, -0.2) is 17.1 Å². The molecule has 0 radical (unpaired) electrons. The summed E-state index contributed by atoms with van der Waals surface area (Å²) in [5.41, 5.74) is 3.77. The monoisotopic (exact) mass is 413 g/mol. The lowest BCUT2D eigenvalue weighted by atomic mass is 9.73. The van der Waals surface area contributed by atoms with Crippen LogP contribution in [0.3, 0.4) is 0 Å². The first kappa shape index (κ1) is 23.7. The summed E-state index contributed by atoms with van der Waals surface area (Å²) in [7, 11) is 0. The molecule has 1 aromatic rings. The molecule has 164 valence electrons. The number of carbonyl (C=O) groups excluding carboxylic acids is 2. The Bertz CT molecular complexity index is 825. The fourth-order valence-electron chi connectivity index (χ4n) is 4.04. The van der Waals surface area contributed by atoms with Crippen LogP contribution in [0.2, 0.25) is 0 Å². The molecule has 0 fully saturated rings. The molecule has 0 saturated heterocycles. The van der Waals surface area contributed by atoms with E-state index in [1.54, 1.807) is 13.0 Å². The molecule has 1 aliphatic rings. The van der Waals surface area contributed by atoms with Crippen molar-refractivity contribution < 1.29 is 19.4 Å². The average molecular weight is 414 g/mol. The minimum atomic E-state index is -0.823. The van der Waals surface area contributed by atoms with Crippen molar-refractivity contribution in [1.29, 1.82) is 0 Å². The summed E-state index contributed by atoms with van der Waals surface area (Å²) in [5, 5.41) is 13.2. The number of unbranched alkanes of at least 4 members (excludes halogenated alkanes) is 2. The van der Waals surface area contributed by atoms with Gasteiger partial charge in [0.1, 0.15) is 11.5 Å². The van der Waals surface area contributed by atoms with E-state index in [9.17, 15) is 14.7 Å². The molecule has 5 heteroatoms. The van der Waals surface area contributed by atoms with Crippen LogP contribution in [0.4, 0.5) is 4.79 Å². The molecule has 0 bridgehead atoms. The number of nitrogens with one attached hydrogen (secondary N) is 1. The lowest BCUT2D eigenvalue weighted by molar-refractivity contribution is -0.119. The zero-order valence-electron chi connectivity index (χ0n) is 18.7. The van der Waals surface area contributed by atoms with Crippen LogP contribution in [-0.2, 0) is 11.2 Å². The van der Waals surface area contributed by atoms with E-state index in [2.05, 4.69) is 31.8 Å². The Morgan fingerprint density at radius 3 is 2.63 bits per heavy atom. The molecule has 1 aromatic carbocycles. The molecular weight excluding hydrogens is 378 g/mol. The average Bonchev–Trinajstić information content (AvgIpc) is 2.67. The van der Waals surface area contributed by atoms with Crippen LogP contribution >= 0.6 is 0 Å². The molecule has 0 heterocycles. The summed E-state index contributed by atoms with van der Waals surface area (Å²) in [4.78, 5) is 23.9. The quantitative estimate of drug-likeness (QED) is 0.395. The van der Waals surface area contributed by atoms with Gasteiger partial charge >= 0.3 is 6.09 Å². The predicted molar refractivity (Wildman–Crippen MR) is 120 cm³/mol. The van der Waals surface area contributed by atoms with Gasteiger partial charge < -0.3 is 9.84 Å². The largest absolute Gasteiger partial charge is 0.507 e. The third-order valence-corrected chi connectivity index (χ3v) is 5.73. The number of aryl methyl sites for hydroxylation is 1. The molecule has 2 amide bonds. The third-order valence-electron chi connectivity index (χ3n) is 5.73. The summed E-state index contributed by atoms with van der Waals surface area (Å²) in [6.45, 7) is 12.0. The Hall–Kier alpha value is -2.56. The number of phenolic OH excluding ortho intramolecular Hbond substituents is 1. The number of hydrogen-bond acceptors (Lipinski definition) is 4. The molecule has 0 spiro atoms. The lowest BCUT2D eigenvalue weighted by Gasteiger charge is -2.32. The summed E-state index contributed by atoms with van der Waals surface area (Å²) in [6, 6.07) is 3.61. The zero-order chi connectivity index (χ0) is 22.3. The van der Waals surface area contributed by atoms with E-state index in [0.717, 1.165) is 49.7 Å². The molecular formula is C25H35NO4. The first-order valence-corrected chi connectivity index (χ1v) is 11.0. The Morgan fingerprint density at radius 2 is 2.00 bits per heavy atom. The van der Waals surface area contributed by atoms with E-state index < -0.39 is 12.0 Å².